The smallest absolute Gasteiger partial charge is 0.278 e. The van der Waals surface area contributed by atoms with Gasteiger partial charge in [0.2, 0.25) is 0 Å². The number of rotatable bonds is 6. The molecule has 1 aliphatic rings. The second-order valence-corrected chi connectivity index (χ2v) is 7.17. The summed E-state index contributed by atoms with van der Waals surface area (Å²) in [7, 11) is 0. The van der Waals surface area contributed by atoms with Crippen LogP contribution in [0.1, 0.15) is 23.2 Å². The molecule has 0 aliphatic heterocycles. The molecule has 27 heavy (non-hydrogen) atoms. The molecule has 1 fully saturated rings. The van der Waals surface area contributed by atoms with Crippen molar-refractivity contribution in [2.45, 2.75) is 12.8 Å². The summed E-state index contributed by atoms with van der Waals surface area (Å²) >= 11 is 12.1. The van der Waals surface area contributed by atoms with Crippen LogP contribution in [-0.2, 0) is 4.84 Å². The molecule has 1 amide bonds. The predicted molar refractivity (Wildman–Crippen MR) is 101 cm³/mol. The Bertz CT molecular complexity index is 1020. The Morgan fingerprint density at radius 1 is 1.37 bits per heavy atom. The number of amides is 1. The third kappa shape index (κ3) is 3.85. The average Bonchev–Trinajstić information content (AvgIpc) is 3.33. The van der Waals surface area contributed by atoms with E-state index in [9.17, 15) is 4.79 Å². The first kappa shape index (κ1) is 18.0. The first-order chi connectivity index (χ1) is 13.0. The monoisotopic (exact) mass is 408 g/mol. The normalized spacial score (nSPS) is 13.7. The van der Waals surface area contributed by atoms with Crippen LogP contribution < -0.4 is 10.8 Å². The van der Waals surface area contributed by atoms with Crippen LogP contribution in [-0.4, -0.2) is 21.9 Å². The summed E-state index contributed by atoms with van der Waals surface area (Å²) in [5.41, 5.74) is 2.86. The van der Waals surface area contributed by atoms with Crippen molar-refractivity contribution in [3.05, 3.63) is 58.2 Å². The fourth-order valence-corrected chi connectivity index (χ4v) is 3.06. The Hall–Kier alpha value is -2.35. The highest BCUT2D eigenvalue weighted by Crippen LogP contribution is 2.32. The molecule has 1 aliphatic carbocycles. The zero-order valence-electron chi connectivity index (χ0n) is 14.0. The molecule has 2 aromatic heterocycles. The summed E-state index contributed by atoms with van der Waals surface area (Å²) in [6, 6.07) is 4.74. The number of halogens is 3. The minimum Gasteiger partial charge on any atom is -0.351 e. The first-order valence-corrected chi connectivity index (χ1v) is 9.08. The van der Waals surface area contributed by atoms with Crippen LogP contribution in [0.5, 0.6) is 0 Å². The number of anilines is 2. The van der Waals surface area contributed by atoms with Gasteiger partial charge in [-0.25, -0.2) is 14.9 Å². The molecule has 0 saturated heterocycles. The van der Waals surface area contributed by atoms with Gasteiger partial charge in [0.05, 0.1) is 28.6 Å². The maximum absolute atomic E-state index is 15.0. The lowest BCUT2D eigenvalue weighted by atomic mass is 10.2. The van der Waals surface area contributed by atoms with Crippen LogP contribution in [0.3, 0.4) is 0 Å². The number of aromatic nitrogens is 2. The van der Waals surface area contributed by atoms with Crippen molar-refractivity contribution in [3.63, 3.8) is 0 Å². The zero-order valence-corrected chi connectivity index (χ0v) is 15.5. The van der Waals surface area contributed by atoms with Gasteiger partial charge in [-0.3, -0.25) is 9.63 Å². The van der Waals surface area contributed by atoms with Crippen LogP contribution in [0.15, 0.2) is 36.8 Å². The third-order valence-corrected chi connectivity index (χ3v) is 4.79. The van der Waals surface area contributed by atoms with E-state index < -0.39 is 11.7 Å². The second kappa shape index (κ2) is 7.34. The van der Waals surface area contributed by atoms with Gasteiger partial charge in [0.25, 0.3) is 5.91 Å². The Kier molecular flexibility index (Phi) is 4.90. The molecule has 0 bridgehead atoms. The molecule has 0 radical (unpaired) electrons. The fraction of sp³-hybridized carbons (Fsp3) is 0.222. The Labute approximate surface area is 164 Å². The number of nitrogens with zero attached hydrogens (tertiary/aromatic N) is 2. The molecule has 9 heteroatoms. The largest absolute Gasteiger partial charge is 0.351 e. The fourth-order valence-electron chi connectivity index (χ4n) is 2.61. The minimum atomic E-state index is -0.680. The predicted octanol–water partition coefficient (Wildman–Crippen LogP) is 4.60. The SMILES string of the molecule is O=C(NOCC1CC1)c1cn2ccnc2c(F)c1Nc1ccc(Cl)cc1Cl. The van der Waals surface area contributed by atoms with Crippen LogP contribution >= 0.6 is 23.2 Å². The van der Waals surface area contributed by atoms with Crippen LogP contribution in [0.25, 0.3) is 5.65 Å². The quantitative estimate of drug-likeness (QED) is 0.585. The van der Waals surface area contributed by atoms with Crippen molar-refractivity contribution in [2.75, 3.05) is 11.9 Å². The lowest BCUT2D eigenvalue weighted by Gasteiger charge is -2.15. The van der Waals surface area contributed by atoms with Crippen LogP contribution in [0, 0.1) is 11.7 Å². The van der Waals surface area contributed by atoms with E-state index in [-0.39, 0.29) is 16.9 Å². The van der Waals surface area contributed by atoms with Crippen molar-refractivity contribution in [2.24, 2.45) is 5.92 Å². The molecule has 0 unspecified atom stereocenters. The Balaban J connectivity index is 1.69. The van der Waals surface area contributed by atoms with Gasteiger partial charge in [0.1, 0.15) is 0 Å². The summed E-state index contributed by atoms with van der Waals surface area (Å²) in [5.74, 6) is -0.776. The molecule has 2 heterocycles. The van der Waals surface area contributed by atoms with E-state index in [1.54, 1.807) is 18.3 Å². The maximum Gasteiger partial charge on any atom is 0.278 e. The summed E-state index contributed by atoms with van der Waals surface area (Å²) in [4.78, 5) is 21.8. The van der Waals surface area contributed by atoms with Gasteiger partial charge in [-0.2, -0.15) is 0 Å². The number of pyridine rings is 1. The summed E-state index contributed by atoms with van der Waals surface area (Å²) in [5, 5.41) is 3.61. The van der Waals surface area contributed by atoms with E-state index >= 15 is 4.39 Å². The molecule has 140 valence electrons. The number of hydroxylamine groups is 1. The van der Waals surface area contributed by atoms with Gasteiger partial charge in [-0.1, -0.05) is 23.2 Å². The standard InChI is InChI=1S/C18H15Cl2FN4O2/c19-11-3-4-14(13(20)7-11)23-16-12(18(26)24-27-9-10-1-2-10)8-25-6-5-22-17(25)15(16)21/h3-8,10,23H,1-2,9H2,(H,24,26). The number of carbonyl (C=O) groups is 1. The molecule has 0 atom stereocenters. The zero-order chi connectivity index (χ0) is 19.0. The van der Waals surface area contributed by atoms with E-state index in [0.717, 1.165) is 12.8 Å². The maximum atomic E-state index is 15.0. The van der Waals surface area contributed by atoms with E-state index in [1.807, 2.05) is 0 Å². The Morgan fingerprint density at radius 3 is 2.93 bits per heavy atom. The molecular formula is C18H15Cl2FN4O2. The van der Waals surface area contributed by atoms with Crippen molar-refractivity contribution >= 4 is 46.1 Å². The lowest BCUT2D eigenvalue weighted by Crippen LogP contribution is -2.26. The van der Waals surface area contributed by atoms with E-state index in [1.165, 1.54) is 22.9 Å². The summed E-state index contributed by atoms with van der Waals surface area (Å²) in [6.07, 6.45) is 6.66. The highest BCUT2D eigenvalue weighted by molar-refractivity contribution is 6.36. The molecule has 4 rings (SSSR count). The van der Waals surface area contributed by atoms with E-state index in [0.29, 0.717) is 28.3 Å². The summed E-state index contributed by atoms with van der Waals surface area (Å²) < 4.78 is 16.5. The van der Waals surface area contributed by atoms with Crippen molar-refractivity contribution in [3.8, 4) is 0 Å². The van der Waals surface area contributed by atoms with Crippen LogP contribution in [0.2, 0.25) is 10.0 Å². The lowest BCUT2D eigenvalue weighted by molar-refractivity contribution is 0.0270. The van der Waals surface area contributed by atoms with Crippen molar-refractivity contribution in [1.29, 1.82) is 0 Å². The molecule has 1 aromatic carbocycles. The van der Waals surface area contributed by atoms with E-state index in [4.69, 9.17) is 28.0 Å². The highest BCUT2D eigenvalue weighted by Gasteiger charge is 2.24. The van der Waals surface area contributed by atoms with Gasteiger partial charge in [0, 0.05) is 23.6 Å². The number of benzene rings is 1. The van der Waals surface area contributed by atoms with Gasteiger partial charge in [0.15, 0.2) is 11.5 Å². The molecule has 1 saturated carbocycles. The molecule has 3 aromatic rings. The number of hydrogen-bond acceptors (Lipinski definition) is 4. The second-order valence-electron chi connectivity index (χ2n) is 6.32. The third-order valence-electron chi connectivity index (χ3n) is 4.24. The summed E-state index contributed by atoms with van der Waals surface area (Å²) in [6.45, 7) is 0.438. The molecule has 2 N–H and O–H groups in total. The van der Waals surface area contributed by atoms with Crippen molar-refractivity contribution in [1.82, 2.24) is 14.9 Å². The van der Waals surface area contributed by atoms with E-state index in [2.05, 4.69) is 15.8 Å². The Morgan fingerprint density at radius 2 is 2.19 bits per heavy atom. The van der Waals surface area contributed by atoms with Gasteiger partial charge >= 0.3 is 0 Å². The molecule has 0 spiro atoms. The molecular weight excluding hydrogens is 394 g/mol. The highest BCUT2D eigenvalue weighted by atomic mass is 35.5. The number of nitrogens with one attached hydrogen (secondary N) is 2. The number of imidazole rings is 1. The first-order valence-electron chi connectivity index (χ1n) is 8.32. The number of carbonyl (C=O) groups excluding carboxylic acids is 1. The average molecular weight is 409 g/mol. The number of hydrogen-bond donors (Lipinski definition) is 2. The van der Waals surface area contributed by atoms with Gasteiger partial charge in [-0.05, 0) is 37.0 Å². The topological polar surface area (TPSA) is 67.7 Å². The van der Waals surface area contributed by atoms with Crippen molar-refractivity contribution < 1.29 is 14.0 Å². The van der Waals surface area contributed by atoms with Crippen LogP contribution in [0.4, 0.5) is 15.8 Å². The van der Waals surface area contributed by atoms with Gasteiger partial charge < -0.3 is 9.72 Å². The number of fused-ring (bicyclic) bond motifs is 1. The minimum absolute atomic E-state index is 0.0505. The van der Waals surface area contributed by atoms with Gasteiger partial charge in [-0.15, -0.1) is 0 Å². The molecule has 6 nitrogen and oxygen atoms in total.